The normalized spacial score (nSPS) is 33.4. The van der Waals surface area contributed by atoms with Crippen LogP contribution < -0.4 is 0 Å². The van der Waals surface area contributed by atoms with Gasteiger partial charge in [0.25, 0.3) is 0 Å². The summed E-state index contributed by atoms with van der Waals surface area (Å²) < 4.78 is 13.5. The molecule has 0 saturated heterocycles. The number of benzene rings is 1. The number of rotatable bonds is 4. The van der Waals surface area contributed by atoms with Crippen LogP contribution in [0.15, 0.2) is 41.5 Å². The monoisotopic (exact) mass is 514 g/mol. The summed E-state index contributed by atoms with van der Waals surface area (Å²) in [6, 6.07) is 8.84. The molecule has 0 spiro atoms. The van der Waals surface area contributed by atoms with E-state index in [2.05, 4.69) is 33.9 Å². The largest absolute Gasteiger partial charge is 0.455 e. The molecule has 0 radical (unpaired) electrons. The maximum absolute atomic E-state index is 13.5. The quantitative estimate of drug-likeness (QED) is 0.326. The van der Waals surface area contributed by atoms with Crippen LogP contribution in [-0.2, 0) is 14.0 Å². The molecule has 4 rings (SSSR count). The first kappa shape index (κ1) is 27.2. The molecule has 0 aliphatic heterocycles. The molecule has 1 aromatic carbocycles. The number of ketones is 1. The van der Waals surface area contributed by atoms with Crippen molar-refractivity contribution in [2.24, 2.45) is 11.8 Å². The fourth-order valence-corrected chi connectivity index (χ4v) is 7.74. The van der Waals surface area contributed by atoms with Crippen molar-refractivity contribution in [2.75, 3.05) is 0 Å². The fourth-order valence-electron chi connectivity index (χ4n) is 6.15. The third-order valence-corrected chi connectivity index (χ3v) is 13.7. The number of esters is 1. The Bertz CT molecular complexity index is 1030. The summed E-state index contributed by atoms with van der Waals surface area (Å²) in [5.41, 5.74) is 0.861. The van der Waals surface area contributed by atoms with Gasteiger partial charge in [-0.05, 0) is 73.5 Å². The highest BCUT2D eigenvalue weighted by atomic mass is 28.4. The van der Waals surface area contributed by atoms with Gasteiger partial charge in [-0.15, -0.1) is 0 Å². The molecule has 6 nitrogen and oxygen atoms in total. The number of aliphatic hydroxyl groups excluding tert-OH is 2. The number of ether oxygens (including phenoxy) is 1. The van der Waals surface area contributed by atoms with Gasteiger partial charge in [-0.3, -0.25) is 4.79 Å². The molecule has 0 heterocycles. The molecular formula is C29H42O6Si. The molecule has 0 aromatic heterocycles. The van der Waals surface area contributed by atoms with Crippen LogP contribution >= 0.6 is 0 Å². The Labute approximate surface area is 216 Å². The summed E-state index contributed by atoms with van der Waals surface area (Å²) in [7, 11) is -2.46. The molecule has 2 saturated carbocycles. The minimum absolute atomic E-state index is 0.0618. The van der Waals surface area contributed by atoms with E-state index in [4.69, 9.17) is 9.16 Å². The topological polar surface area (TPSA) is 93.1 Å². The number of carbonyl (C=O) groups excluding carboxylic acids is 2. The maximum atomic E-state index is 13.5. The fraction of sp³-hybridized carbons (Fsp3) is 0.655. The van der Waals surface area contributed by atoms with E-state index in [1.807, 2.05) is 13.0 Å². The van der Waals surface area contributed by atoms with Gasteiger partial charge < -0.3 is 19.4 Å². The van der Waals surface area contributed by atoms with Crippen molar-refractivity contribution < 1.29 is 29.0 Å². The van der Waals surface area contributed by atoms with E-state index in [0.29, 0.717) is 24.8 Å². The zero-order chi connectivity index (χ0) is 26.5. The third-order valence-electron chi connectivity index (χ3n) is 9.19. The lowest BCUT2D eigenvalue weighted by molar-refractivity contribution is -0.159. The predicted molar refractivity (Wildman–Crippen MR) is 141 cm³/mol. The first-order valence-corrected chi connectivity index (χ1v) is 16.2. The van der Waals surface area contributed by atoms with Crippen LogP contribution in [0.3, 0.4) is 0 Å². The molecule has 198 valence electrons. The van der Waals surface area contributed by atoms with Crippen LogP contribution in [0.25, 0.3) is 0 Å². The lowest BCUT2D eigenvalue weighted by atomic mass is 9.61. The summed E-state index contributed by atoms with van der Waals surface area (Å²) >= 11 is 0. The van der Waals surface area contributed by atoms with Crippen molar-refractivity contribution in [3.8, 4) is 0 Å². The average molecular weight is 515 g/mol. The minimum Gasteiger partial charge on any atom is -0.455 e. The van der Waals surface area contributed by atoms with Crippen LogP contribution in [0.4, 0.5) is 0 Å². The smallest absolute Gasteiger partial charge is 0.338 e. The van der Waals surface area contributed by atoms with Gasteiger partial charge in [0, 0.05) is 19.3 Å². The average Bonchev–Trinajstić information content (AvgIpc) is 2.79. The highest BCUT2D eigenvalue weighted by Gasteiger charge is 2.59. The molecular weight excluding hydrogens is 472 g/mol. The van der Waals surface area contributed by atoms with E-state index >= 15 is 0 Å². The van der Waals surface area contributed by atoms with E-state index in [1.165, 1.54) is 0 Å². The number of aliphatic hydroxyl groups is 2. The number of hydrogen-bond acceptors (Lipinski definition) is 6. The third kappa shape index (κ3) is 5.00. The lowest BCUT2D eigenvalue weighted by Crippen LogP contribution is -2.64. The van der Waals surface area contributed by atoms with Gasteiger partial charge in [0.1, 0.15) is 17.5 Å². The molecule has 0 amide bonds. The SMILES string of the molecule is CC1=C2C[C@@](O[Si](C)(C)C(C)(C)C)(C[C@@H]1O)[C@@H](OC(=O)c1ccccc1)[C@@H]1C(=O)CCC[C@H]1C[C@@H]2O. The van der Waals surface area contributed by atoms with Crippen molar-refractivity contribution in [3.05, 3.63) is 47.0 Å². The van der Waals surface area contributed by atoms with Crippen molar-refractivity contribution in [3.63, 3.8) is 0 Å². The van der Waals surface area contributed by atoms with Crippen molar-refractivity contribution >= 4 is 20.1 Å². The van der Waals surface area contributed by atoms with Crippen LogP contribution in [0.2, 0.25) is 18.1 Å². The van der Waals surface area contributed by atoms with Gasteiger partial charge in [-0.25, -0.2) is 4.79 Å². The standard InChI is InChI=1S/C29H42O6Si/c1-18-21-16-29(17-24(18)32,35-36(5,6)28(2,3)4)26(34-27(33)19-11-8-7-9-12-19)25-20(15-23(21)31)13-10-14-22(25)30/h7-9,11-12,20,23-26,31-32H,10,13-17H2,1-6H3/t20-,23-,24-,25-,26-,29+/m0/s1. The molecule has 2 bridgehead atoms. The molecule has 2 fully saturated rings. The number of carbonyl (C=O) groups is 2. The van der Waals surface area contributed by atoms with Crippen LogP contribution in [0.5, 0.6) is 0 Å². The van der Waals surface area contributed by atoms with Crippen LogP contribution in [0.1, 0.15) is 76.6 Å². The molecule has 36 heavy (non-hydrogen) atoms. The van der Waals surface area contributed by atoms with Gasteiger partial charge in [0.05, 0.1) is 23.7 Å². The van der Waals surface area contributed by atoms with Gasteiger partial charge >= 0.3 is 5.97 Å². The summed E-state index contributed by atoms with van der Waals surface area (Å²) in [6.07, 6.45) is 0.524. The van der Waals surface area contributed by atoms with E-state index < -0.39 is 44.1 Å². The Kier molecular flexibility index (Phi) is 7.43. The summed E-state index contributed by atoms with van der Waals surface area (Å²) in [6.45, 7) is 12.6. The van der Waals surface area contributed by atoms with Crippen LogP contribution in [0, 0.1) is 11.8 Å². The maximum Gasteiger partial charge on any atom is 0.338 e. The van der Waals surface area contributed by atoms with Gasteiger partial charge in [-0.2, -0.15) is 0 Å². The highest BCUT2D eigenvalue weighted by Crippen LogP contribution is 2.52. The van der Waals surface area contributed by atoms with E-state index in [0.717, 1.165) is 24.0 Å². The van der Waals surface area contributed by atoms with Crippen LogP contribution in [-0.4, -0.2) is 54.2 Å². The van der Waals surface area contributed by atoms with Crippen molar-refractivity contribution in [2.45, 2.75) is 108 Å². The molecule has 7 heteroatoms. The number of hydrogen-bond donors (Lipinski definition) is 2. The Morgan fingerprint density at radius 3 is 2.42 bits per heavy atom. The molecule has 3 aliphatic carbocycles. The van der Waals surface area contributed by atoms with Gasteiger partial charge in [0.2, 0.25) is 0 Å². The Morgan fingerprint density at radius 2 is 1.78 bits per heavy atom. The zero-order valence-corrected chi connectivity index (χ0v) is 23.5. The van der Waals surface area contributed by atoms with E-state index in [1.54, 1.807) is 24.3 Å². The zero-order valence-electron chi connectivity index (χ0n) is 22.5. The number of fused-ring (bicyclic) bond motifs is 3. The first-order valence-electron chi connectivity index (χ1n) is 13.3. The number of Topliss-reactive ketones (excluding diaryl/α,β-unsaturated/α-hetero) is 1. The second-order valence-corrected chi connectivity index (χ2v) is 17.3. The van der Waals surface area contributed by atoms with Crippen molar-refractivity contribution in [1.82, 2.24) is 0 Å². The summed E-state index contributed by atoms with van der Waals surface area (Å²) in [5, 5.41) is 22.4. The van der Waals surface area contributed by atoms with Crippen molar-refractivity contribution in [1.29, 1.82) is 0 Å². The molecule has 1 aromatic rings. The van der Waals surface area contributed by atoms with Gasteiger partial charge in [0.15, 0.2) is 8.32 Å². The first-order chi connectivity index (χ1) is 16.8. The minimum atomic E-state index is -2.46. The Morgan fingerprint density at radius 1 is 1.11 bits per heavy atom. The highest BCUT2D eigenvalue weighted by molar-refractivity contribution is 6.74. The summed E-state index contributed by atoms with van der Waals surface area (Å²) in [4.78, 5) is 27.0. The Balaban J connectivity index is 1.89. The summed E-state index contributed by atoms with van der Waals surface area (Å²) in [5.74, 6) is -1.11. The predicted octanol–water partition coefficient (Wildman–Crippen LogP) is 5.19. The molecule has 2 N–H and O–H groups in total. The Hall–Kier alpha value is -1.80. The van der Waals surface area contributed by atoms with Gasteiger partial charge in [-0.1, -0.05) is 39.0 Å². The van der Waals surface area contributed by atoms with E-state index in [9.17, 15) is 19.8 Å². The molecule has 6 atom stereocenters. The molecule has 0 unspecified atom stereocenters. The molecule has 3 aliphatic rings. The second-order valence-electron chi connectivity index (χ2n) is 12.6. The second kappa shape index (κ2) is 9.82. The lowest BCUT2D eigenvalue weighted by Gasteiger charge is -2.55. The van der Waals surface area contributed by atoms with E-state index in [-0.39, 0.29) is 23.2 Å².